The second-order valence-electron chi connectivity index (χ2n) is 6.72. The first kappa shape index (κ1) is 19.2. The number of anilines is 1. The number of urea groups is 1. The number of carboxylic acids is 1. The number of carboxylic acid groups (broad SMARTS) is 1. The van der Waals surface area contributed by atoms with E-state index in [1.807, 2.05) is 0 Å². The Bertz CT molecular complexity index is 728. The van der Waals surface area contributed by atoms with E-state index in [0.717, 1.165) is 17.3 Å². The van der Waals surface area contributed by atoms with E-state index in [4.69, 9.17) is 5.11 Å². The van der Waals surface area contributed by atoms with Crippen LogP contribution in [-0.4, -0.2) is 44.9 Å². The lowest BCUT2D eigenvalue weighted by Crippen LogP contribution is -2.40. The Balaban J connectivity index is 1.47. The van der Waals surface area contributed by atoms with E-state index in [9.17, 15) is 19.2 Å². The average Bonchev–Trinajstić information content (AvgIpc) is 2.95. The number of thioether (sulfide) groups is 1. The summed E-state index contributed by atoms with van der Waals surface area (Å²) in [6, 6.07) is 6.60. The van der Waals surface area contributed by atoms with E-state index in [1.54, 1.807) is 24.3 Å². The van der Waals surface area contributed by atoms with Crippen molar-refractivity contribution in [1.29, 1.82) is 0 Å². The van der Waals surface area contributed by atoms with Crippen molar-refractivity contribution in [3.63, 3.8) is 0 Å². The normalized spacial score (nSPS) is 22.6. The van der Waals surface area contributed by atoms with Gasteiger partial charge in [0.15, 0.2) is 0 Å². The first-order valence-corrected chi connectivity index (χ1v) is 9.77. The standard InChI is InChI=1S/C18H21N3O5S/c22-15-10-27-18(26)21(15)9-11-1-5-13(6-2-11)19-17(25)20-14-7-3-12(4-8-14)16(23)24/h1-2,5-6,12,14H,3-4,7-10H2,(H,23,24)(H2,19,20,25). The number of carbonyl (C=O) groups excluding carboxylic acids is 3. The van der Waals surface area contributed by atoms with Crippen molar-refractivity contribution >= 4 is 40.6 Å². The van der Waals surface area contributed by atoms with E-state index in [-0.39, 0.29) is 41.4 Å². The molecular formula is C18H21N3O5S. The van der Waals surface area contributed by atoms with Crippen LogP contribution in [0.3, 0.4) is 0 Å². The molecule has 1 aromatic rings. The highest BCUT2D eigenvalue weighted by molar-refractivity contribution is 8.14. The van der Waals surface area contributed by atoms with Crippen LogP contribution in [0, 0.1) is 5.92 Å². The number of amides is 4. The van der Waals surface area contributed by atoms with E-state index in [0.29, 0.717) is 31.4 Å². The van der Waals surface area contributed by atoms with Gasteiger partial charge in [-0.15, -0.1) is 0 Å². The maximum atomic E-state index is 12.1. The Morgan fingerprint density at radius 3 is 2.33 bits per heavy atom. The molecule has 3 N–H and O–H groups in total. The van der Waals surface area contributed by atoms with E-state index < -0.39 is 5.97 Å². The molecule has 0 radical (unpaired) electrons. The quantitative estimate of drug-likeness (QED) is 0.711. The third-order valence-electron chi connectivity index (χ3n) is 4.80. The van der Waals surface area contributed by atoms with E-state index >= 15 is 0 Å². The zero-order valence-electron chi connectivity index (χ0n) is 14.6. The molecule has 27 heavy (non-hydrogen) atoms. The summed E-state index contributed by atoms with van der Waals surface area (Å²) in [5, 5.41) is 14.4. The van der Waals surface area contributed by atoms with Gasteiger partial charge in [-0.05, 0) is 43.4 Å². The van der Waals surface area contributed by atoms with Crippen molar-refractivity contribution < 1.29 is 24.3 Å². The second kappa shape index (κ2) is 8.43. The van der Waals surface area contributed by atoms with Gasteiger partial charge in [-0.2, -0.15) is 0 Å². The summed E-state index contributed by atoms with van der Waals surface area (Å²) in [5.74, 6) is -1.09. The van der Waals surface area contributed by atoms with Crippen LogP contribution in [0.15, 0.2) is 24.3 Å². The molecule has 2 fully saturated rings. The fourth-order valence-corrected chi connectivity index (χ4v) is 3.97. The van der Waals surface area contributed by atoms with Crippen LogP contribution in [0.5, 0.6) is 0 Å². The van der Waals surface area contributed by atoms with Crippen LogP contribution < -0.4 is 10.6 Å². The predicted octanol–water partition coefficient (Wildman–Crippen LogP) is 2.65. The lowest BCUT2D eigenvalue weighted by molar-refractivity contribution is -0.142. The number of imide groups is 1. The predicted molar refractivity (Wildman–Crippen MR) is 100 cm³/mol. The molecule has 0 atom stereocenters. The minimum Gasteiger partial charge on any atom is -0.481 e. The molecule has 1 saturated heterocycles. The third kappa shape index (κ3) is 5.00. The van der Waals surface area contributed by atoms with Gasteiger partial charge in [0.1, 0.15) is 0 Å². The number of hydrogen-bond donors (Lipinski definition) is 3. The van der Waals surface area contributed by atoms with Gasteiger partial charge in [0, 0.05) is 11.7 Å². The van der Waals surface area contributed by atoms with Crippen molar-refractivity contribution in [3.05, 3.63) is 29.8 Å². The molecular weight excluding hydrogens is 370 g/mol. The van der Waals surface area contributed by atoms with Crippen molar-refractivity contribution in [2.75, 3.05) is 11.1 Å². The van der Waals surface area contributed by atoms with Crippen LogP contribution in [-0.2, 0) is 16.1 Å². The molecule has 8 nitrogen and oxygen atoms in total. The summed E-state index contributed by atoms with van der Waals surface area (Å²) in [5.41, 5.74) is 1.40. The molecule has 0 spiro atoms. The minimum atomic E-state index is -0.770. The monoisotopic (exact) mass is 391 g/mol. The maximum absolute atomic E-state index is 12.1. The average molecular weight is 391 g/mol. The third-order valence-corrected chi connectivity index (χ3v) is 5.66. The SMILES string of the molecule is O=C(Nc1ccc(CN2C(=O)CSC2=O)cc1)NC1CCC(C(=O)O)CC1. The topological polar surface area (TPSA) is 116 Å². The summed E-state index contributed by atoms with van der Waals surface area (Å²) in [7, 11) is 0. The number of hydrogen-bond acceptors (Lipinski definition) is 5. The fraction of sp³-hybridized carbons (Fsp3) is 0.444. The van der Waals surface area contributed by atoms with Gasteiger partial charge in [0.05, 0.1) is 18.2 Å². The molecule has 9 heteroatoms. The Kier molecular flexibility index (Phi) is 6.00. The highest BCUT2D eigenvalue weighted by atomic mass is 32.2. The lowest BCUT2D eigenvalue weighted by atomic mass is 9.86. The van der Waals surface area contributed by atoms with Crippen molar-refractivity contribution in [2.45, 2.75) is 38.3 Å². The molecule has 2 aliphatic rings. The number of carbonyl (C=O) groups is 4. The van der Waals surface area contributed by atoms with Gasteiger partial charge in [0.2, 0.25) is 5.91 Å². The van der Waals surface area contributed by atoms with Crippen molar-refractivity contribution in [2.24, 2.45) is 5.92 Å². The van der Waals surface area contributed by atoms with E-state index in [2.05, 4.69) is 10.6 Å². The number of rotatable bonds is 5. The second-order valence-corrected chi connectivity index (χ2v) is 7.64. The number of nitrogens with one attached hydrogen (secondary N) is 2. The number of aliphatic carboxylic acids is 1. The molecule has 0 aromatic heterocycles. The summed E-state index contributed by atoms with van der Waals surface area (Å²) in [4.78, 5) is 47.5. The van der Waals surface area contributed by atoms with Crippen LogP contribution in [0.4, 0.5) is 15.3 Å². The van der Waals surface area contributed by atoms with Gasteiger partial charge in [-0.1, -0.05) is 23.9 Å². The van der Waals surface area contributed by atoms with Crippen molar-refractivity contribution in [1.82, 2.24) is 10.2 Å². The van der Waals surface area contributed by atoms with Crippen LogP contribution in [0.25, 0.3) is 0 Å². The molecule has 3 rings (SSSR count). The van der Waals surface area contributed by atoms with Crippen LogP contribution in [0.2, 0.25) is 0 Å². The van der Waals surface area contributed by atoms with E-state index in [1.165, 1.54) is 4.90 Å². The Labute approximate surface area is 160 Å². The molecule has 1 aliphatic carbocycles. The van der Waals surface area contributed by atoms with Gasteiger partial charge < -0.3 is 15.7 Å². The molecule has 1 saturated carbocycles. The molecule has 144 valence electrons. The number of benzene rings is 1. The molecule has 1 aromatic carbocycles. The summed E-state index contributed by atoms with van der Waals surface area (Å²) in [6.45, 7) is 0.226. The highest BCUT2D eigenvalue weighted by Crippen LogP contribution is 2.25. The van der Waals surface area contributed by atoms with Crippen molar-refractivity contribution in [3.8, 4) is 0 Å². The smallest absolute Gasteiger partial charge is 0.319 e. The van der Waals surface area contributed by atoms with Gasteiger partial charge >= 0.3 is 12.0 Å². The molecule has 1 heterocycles. The maximum Gasteiger partial charge on any atom is 0.319 e. The summed E-state index contributed by atoms with van der Waals surface area (Å²) >= 11 is 1.00. The molecule has 1 aliphatic heterocycles. The zero-order chi connectivity index (χ0) is 19.4. The van der Waals surface area contributed by atoms with Crippen LogP contribution >= 0.6 is 11.8 Å². The summed E-state index contributed by atoms with van der Waals surface area (Å²) < 4.78 is 0. The molecule has 0 bridgehead atoms. The van der Waals surface area contributed by atoms with Gasteiger partial charge in [-0.25, -0.2) is 4.79 Å². The molecule has 0 unspecified atom stereocenters. The Morgan fingerprint density at radius 1 is 1.11 bits per heavy atom. The zero-order valence-corrected chi connectivity index (χ0v) is 15.5. The Morgan fingerprint density at radius 2 is 1.78 bits per heavy atom. The lowest BCUT2D eigenvalue weighted by Gasteiger charge is -2.26. The summed E-state index contributed by atoms with van der Waals surface area (Å²) in [6.07, 6.45) is 2.45. The molecule has 4 amide bonds. The number of nitrogens with zero attached hydrogens (tertiary/aromatic N) is 1. The van der Waals surface area contributed by atoms with Gasteiger partial charge in [0.25, 0.3) is 5.24 Å². The largest absolute Gasteiger partial charge is 0.481 e. The van der Waals surface area contributed by atoms with Crippen LogP contribution in [0.1, 0.15) is 31.2 Å². The first-order chi connectivity index (χ1) is 12.9. The Hall–Kier alpha value is -2.55. The minimum absolute atomic E-state index is 0.0236. The van der Waals surface area contributed by atoms with Gasteiger partial charge in [-0.3, -0.25) is 19.3 Å². The first-order valence-electron chi connectivity index (χ1n) is 8.79. The highest BCUT2D eigenvalue weighted by Gasteiger charge is 2.29. The fourth-order valence-electron chi connectivity index (χ4n) is 3.25.